The van der Waals surface area contributed by atoms with Gasteiger partial charge in [0, 0.05) is 19.8 Å². The van der Waals surface area contributed by atoms with Crippen LogP contribution in [0.2, 0.25) is 0 Å². The van der Waals surface area contributed by atoms with E-state index in [1.807, 2.05) is 0 Å². The smallest absolute Gasteiger partial charge is 0.0694 e. The van der Waals surface area contributed by atoms with E-state index < -0.39 is 0 Å². The molecule has 66 valence electrons. The van der Waals surface area contributed by atoms with Gasteiger partial charge in [-0.05, 0) is 25.8 Å². The SMILES string of the molecule is COCCC1NCCCC1O. The van der Waals surface area contributed by atoms with Gasteiger partial charge in [-0.1, -0.05) is 0 Å². The Balaban J connectivity index is 2.18. The molecule has 11 heavy (non-hydrogen) atoms. The first-order chi connectivity index (χ1) is 5.34. The van der Waals surface area contributed by atoms with Crippen molar-refractivity contribution in [3.05, 3.63) is 0 Å². The highest BCUT2D eigenvalue weighted by molar-refractivity contribution is 4.80. The number of hydrogen-bond acceptors (Lipinski definition) is 3. The zero-order chi connectivity index (χ0) is 8.10. The summed E-state index contributed by atoms with van der Waals surface area (Å²) in [5, 5.41) is 12.8. The molecule has 0 aliphatic carbocycles. The van der Waals surface area contributed by atoms with E-state index in [1.54, 1.807) is 7.11 Å². The third kappa shape index (κ3) is 2.77. The molecule has 1 heterocycles. The van der Waals surface area contributed by atoms with Crippen molar-refractivity contribution in [2.24, 2.45) is 0 Å². The predicted octanol–water partition coefficient (Wildman–Crippen LogP) is 0.136. The number of ether oxygens (including phenoxy) is 1. The van der Waals surface area contributed by atoms with Crippen molar-refractivity contribution < 1.29 is 9.84 Å². The lowest BCUT2D eigenvalue weighted by atomic mass is 9.99. The molecule has 1 saturated heterocycles. The van der Waals surface area contributed by atoms with Crippen molar-refractivity contribution in [2.45, 2.75) is 31.4 Å². The summed E-state index contributed by atoms with van der Waals surface area (Å²) in [7, 11) is 1.69. The fourth-order valence-corrected chi connectivity index (χ4v) is 1.48. The Hall–Kier alpha value is -0.120. The Kier molecular flexibility index (Phi) is 3.83. The minimum Gasteiger partial charge on any atom is -0.392 e. The fourth-order valence-electron chi connectivity index (χ4n) is 1.48. The van der Waals surface area contributed by atoms with Gasteiger partial charge in [0.2, 0.25) is 0 Å². The van der Waals surface area contributed by atoms with E-state index in [-0.39, 0.29) is 12.1 Å². The van der Waals surface area contributed by atoms with Gasteiger partial charge in [-0.15, -0.1) is 0 Å². The highest BCUT2D eigenvalue weighted by Crippen LogP contribution is 2.10. The number of rotatable bonds is 3. The van der Waals surface area contributed by atoms with Crippen LogP contribution in [0.15, 0.2) is 0 Å². The summed E-state index contributed by atoms with van der Waals surface area (Å²) in [6.07, 6.45) is 2.77. The van der Waals surface area contributed by atoms with Gasteiger partial charge >= 0.3 is 0 Å². The highest BCUT2D eigenvalue weighted by atomic mass is 16.5. The molecule has 2 N–H and O–H groups in total. The molecule has 0 aromatic heterocycles. The van der Waals surface area contributed by atoms with E-state index in [9.17, 15) is 5.11 Å². The van der Waals surface area contributed by atoms with Crippen LogP contribution in [0.25, 0.3) is 0 Å². The van der Waals surface area contributed by atoms with Gasteiger partial charge in [-0.2, -0.15) is 0 Å². The standard InChI is InChI=1S/C8H17NO2/c1-11-6-4-7-8(10)3-2-5-9-7/h7-10H,2-6H2,1H3. The summed E-state index contributed by atoms with van der Waals surface area (Å²) >= 11 is 0. The summed E-state index contributed by atoms with van der Waals surface area (Å²) in [5.41, 5.74) is 0. The van der Waals surface area contributed by atoms with Gasteiger partial charge < -0.3 is 15.2 Å². The Bertz CT molecular complexity index is 108. The first kappa shape index (κ1) is 8.97. The second kappa shape index (κ2) is 4.70. The lowest BCUT2D eigenvalue weighted by molar-refractivity contribution is 0.0752. The second-order valence-electron chi connectivity index (χ2n) is 3.05. The second-order valence-corrected chi connectivity index (χ2v) is 3.05. The molecule has 0 amide bonds. The van der Waals surface area contributed by atoms with Crippen molar-refractivity contribution >= 4 is 0 Å². The number of hydrogen-bond donors (Lipinski definition) is 2. The molecule has 0 saturated carbocycles. The molecule has 2 unspecified atom stereocenters. The van der Waals surface area contributed by atoms with Gasteiger partial charge in [0.05, 0.1) is 6.10 Å². The molecule has 0 radical (unpaired) electrons. The number of nitrogens with one attached hydrogen (secondary N) is 1. The van der Waals surface area contributed by atoms with Crippen LogP contribution in [0.1, 0.15) is 19.3 Å². The summed E-state index contributed by atoms with van der Waals surface area (Å²) in [5.74, 6) is 0. The number of methoxy groups -OCH3 is 1. The fraction of sp³-hybridized carbons (Fsp3) is 1.00. The number of piperidine rings is 1. The number of aliphatic hydroxyl groups excluding tert-OH is 1. The summed E-state index contributed by atoms with van der Waals surface area (Å²) < 4.78 is 4.94. The summed E-state index contributed by atoms with van der Waals surface area (Å²) in [6, 6.07) is 0.253. The van der Waals surface area contributed by atoms with E-state index in [0.29, 0.717) is 0 Å². The normalized spacial score (nSPS) is 32.2. The summed E-state index contributed by atoms with van der Waals surface area (Å²) in [4.78, 5) is 0. The molecular formula is C8H17NO2. The van der Waals surface area contributed by atoms with Crippen molar-refractivity contribution in [3.8, 4) is 0 Å². The quantitative estimate of drug-likeness (QED) is 0.615. The van der Waals surface area contributed by atoms with Crippen molar-refractivity contribution in [3.63, 3.8) is 0 Å². The van der Waals surface area contributed by atoms with Crippen LogP contribution >= 0.6 is 0 Å². The molecule has 0 bridgehead atoms. The third-order valence-corrected chi connectivity index (χ3v) is 2.18. The Morgan fingerprint density at radius 2 is 2.45 bits per heavy atom. The first-order valence-electron chi connectivity index (χ1n) is 4.25. The Labute approximate surface area is 67.7 Å². The maximum Gasteiger partial charge on any atom is 0.0694 e. The molecule has 1 aliphatic rings. The minimum atomic E-state index is -0.168. The van der Waals surface area contributed by atoms with Gasteiger partial charge in [-0.25, -0.2) is 0 Å². The van der Waals surface area contributed by atoms with E-state index >= 15 is 0 Å². The van der Waals surface area contributed by atoms with Crippen LogP contribution in [-0.4, -0.2) is 37.5 Å². The number of aliphatic hydroxyl groups is 1. The van der Waals surface area contributed by atoms with Gasteiger partial charge in [0.25, 0.3) is 0 Å². The predicted molar refractivity (Wildman–Crippen MR) is 43.5 cm³/mol. The monoisotopic (exact) mass is 159 g/mol. The molecule has 3 nitrogen and oxygen atoms in total. The van der Waals surface area contributed by atoms with E-state index in [2.05, 4.69) is 5.32 Å². The van der Waals surface area contributed by atoms with Gasteiger partial charge in [-0.3, -0.25) is 0 Å². The van der Waals surface area contributed by atoms with E-state index in [1.165, 1.54) is 0 Å². The first-order valence-corrected chi connectivity index (χ1v) is 4.25. The van der Waals surface area contributed by atoms with E-state index in [4.69, 9.17) is 4.74 Å². The lowest BCUT2D eigenvalue weighted by Gasteiger charge is -2.28. The Morgan fingerprint density at radius 3 is 3.09 bits per heavy atom. The van der Waals surface area contributed by atoms with Crippen LogP contribution in [0.4, 0.5) is 0 Å². The highest BCUT2D eigenvalue weighted by Gasteiger charge is 2.21. The van der Waals surface area contributed by atoms with Crippen LogP contribution < -0.4 is 5.32 Å². The molecule has 1 fully saturated rings. The van der Waals surface area contributed by atoms with Crippen molar-refractivity contribution in [1.82, 2.24) is 5.32 Å². The maximum absolute atomic E-state index is 9.48. The molecule has 0 aromatic carbocycles. The molecule has 0 aromatic rings. The average Bonchev–Trinajstić information content (AvgIpc) is 2.03. The average molecular weight is 159 g/mol. The topological polar surface area (TPSA) is 41.5 Å². The lowest BCUT2D eigenvalue weighted by Crippen LogP contribution is -2.45. The zero-order valence-electron chi connectivity index (χ0n) is 7.05. The third-order valence-electron chi connectivity index (χ3n) is 2.18. The molecule has 0 spiro atoms. The van der Waals surface area contributed by atoms with Crippen LogP contribution in [0.5, 0.6) is 0 Å². The van der Waals surface area contributed by atoms with Crippen molar-refractivity contribution in [2.75, 3.05) is 20.3 Å². The molecule has 3 heteroatoms. The molecule has 2 atom stereocenters. The minimum absolute atomic E-state index is 0.168. The molecule has 1 rings (SSSR count). The molecular weight excluding hydrogens is 142 g/mol. The molecule has 1 aliphatic heterocycles. The maximum atomic E-state index is 9.48. The zero-order valence-corrected chi connectivity index (χ0v) is 7.05. The van der Waals surface area contributed by atoms with Crippen molar-refractivity contribution in [1.29, 1.82) is 0 Å². The van der Waals surface area contributed by atoms with Gasteiger partial charge in [0.1, 0.15) is 0 Å². The Morgan fingerprint density at radius 1 is 1.64 bits per heavy atom. The largest absolute Gasteiger partial charge is 0.392 e. The van der Waals surface area contributed by atoms with E-state index in [0.717, 1.165) is 32.4 Å². The van der Waals surface area contributed by atoms with Crippen LogP contribution in [-0.2, 0) is 4.74 Å². The van der Waals surface area contributed by atoms with Gasteiger partial charge in [0.15, 0.2) is 0 Å². The van der Waals surface area contributed by atoms with Crippen LogP contribution in [0.3, 0.4) is 0 Å². The van der Waals surface area contributed by atoms with Crippen LogP contribution in [0, 0.1) is 0 Å². The summed E-state index contributed by atoms with van der Waals surface area (Å²) in [6.45, 7) is 1.76.